The van der Waals surface area contributed by atoms with E-state index in [2.05, 4.69) is 5.32 Å². The Morgan fingerprint density at radius 1 is 1.38 bits per heavy atom. The molecule has 0 aromatic heterocycles. The van der Waals surface area contributed by atoms with Crippen LogP contribution in [0.3, 0.4) is 0 Å². The van der Waals surface area contributed by atoms with E-state index in [-0.39, 0.29) is 11.7 Å². The van der Waals surface area contributed by atoms with Gasteiger partial charge in [-0.25, -0.2) is 4.39 Å². The first-order valence-electron chi connectivity index (χ1n) is 7.04. The second-order valence-corrected chi connectivity index (χ2v) is 5.26. The summed E-state index contributed by atoms with van der Waals surface area (Å²) in [4.78, 5) is 0. The summed E-state index contributed by atoms with van der Waals surface area (Å²) in [5.41, 5.74) is 0.894. The van der Waals surface area contributed by atoms with E-state index in [1.54, 1.807) is 6.07 Å². The van der Waals surface area contributed by atoms with Gasteiger partial charge in [-0.3, -0.25) is 0 Å². The highest BCUT2D eigenvalue weighted by Gasteiger charge is 2.42. The Bertz CT molecular complexity index is 552. The summed E-state index contributed by atoms with van der Waals surface area (Å²) in [7, 11) is 0. The Morgan fingerprint density at radius 2 is 2.19 bits per heavy atom. The molecule has 3 rings (SSSR count). The van der Waals surface area contributed by atoms with Crippen LogP contribution in [0.1, 0.15) is 18.4 Å². The second kappa shape index (κ2) is 5.98. The SMILES string of the molecule is N#Cc1cc(F)ccc1NC[C@H]1COC2(CCOCC2)O1. The minimum Gasteiger partial charge on any atom is -0.381 e. The van der Waals surface area contributed by atoms with Crippen molar-refractivity contribution in [1.29, 1.82) is 5.26 Å². The average molecular weight is 292 g/mol. The monoisotopic (exact) mass is 292 g/mol. The molecule has 2 fully saturated rings. The number of nitrogens with one attached hydrogen (secondary N) is 1. The summed E-state index contributed by atoms with van der Waals surface area (Å²) < 4.78 is 30.2. The van der Waals surface area contributed by atoms with Crippen molar-refractivity contribution in [3.63, 3.8) is 0 Å². The molecule has 5 nitrogen and oxygen atoms in total. The molecular weight excluding hydrogens is 275 g/mol. The van der Waals surface area contributed by atoms with Crippen LogP contribution in [0.25, 0.3) is 0 Å². The lowest BCUT2D eigenvalue weighted by Gasteiger charge is -2.31. The van der Waals surface area contributed by atoms with Crippen molar-refractivity contribution in [2.45, 2.75) is 24.7 Å². The molecule has 0 aliphatic carbocycles. The molecule has 1 N–H and O–H groups in total. The fraction of sp³-hybridized carbons (Fsp3) is 0.533. The first-order valence-corrected chi connectivity index (χ1v) is 7.04. The first-order chi connectivity index (χ1) is 10.2. The van der Waals surface area contributed by atoms with E-state index in [1.807, 2.05) is 6.07 Å². The molecule has 6 heteroatoms. The van der Waals surface area contributed by atoms with Crippen molar-refractivity contribution in [3.05, 3.63) is 29.6 Å². The first kappa shape index (κ1) is 14.3. The van der Waals surface area contributed by atoms with Crippen LogP contribution in [-0.4, -0.2) is 38.3 Å². The zero-order chi connectivity index (χ0) is 14.7. The lowest BCUT2D eigenvalue weighted by molar-refractivity contribution is -0.209. The standard InChI is InChI=1S/C15H17FN2O3/c16-12-1-2-14(11(7-12)8-17)18-9-13-10-20-15(21-13)3-5-19-6-4-15/h1-2,7,13,18H,3-6,9-10H2/t13-/m0/s1. The van der Waals surface area contributed by atoms with Crippen LogP contribution in [0.4, 0.5) is 10.1 Å². The van der Waals surface area contributed by atoms with E-state index in [9.17, 15) is 4.39 Å². The van der Waals surface area contributed by atoms with Gasteiger partial charge in [0.05, 0.1) is 31.1 Å². The Balaban J connectivity index is 1.58. The third-order valence-electron chi connectivity index (χ3n) is 3.79. The van der Waals surface area contributed by atoms with Crippen LogP contribution >= 0.6 is 0 Å². The van der Waals surface area contributed by atoms with Gasteiger partial charge in [0.1, 0.15) is 18.0 Å². The van der Waals surface area contributed by atoms with Gasteiger partial charge in [-0.15, -0.1) is 0 Å². The van der Waals surface area contributed by atoms with E-state index in [1.165, 1.54) is 12.1 Å². The summed E-state index contributed by atoms with van der Waals surface area (Å²) >= 11 is 0. The van der Waals surface area contributed by atoms with Crippen molar-refractivity contribution in [2.24, 2.45) is 0 Å². The molecule has 1 atom stereocenters. The molecule has 1 aromatic carbocycles. The maximum Gasteiger partial charge on any atom is 0.173 e. The smallest absolute Gasteiger partial charge is 0.173 e. The second-order valence-electron chi connectivity index (χ2n) is 5.26. The summed E-state index contributed by atoms with van der Waals surface area (Å²) in [6, 6.07) is 6.09. The molecule has 21 heavy (non-hydrogen) atoms. The van der Waals surface area contributed by atoms with Gasteiger partial charge in [0, 0.05) is 19.4 Å². The van der Waals surface area contributed by atoms with E-state index < -0.39 is 11.6 Å². The van der Waals surface area contributed by atoms with Gasteiger partial charge < -0.3 is 19.5 Å². The van der Waals surface area contributed by atoms with Gasteiger partial charge in [-0.05, 0) is 18.2 Å². The minimum atomic E-state index is -0.508. The summed E-state index contributed by atoms with van der Waals surface area (Å²) in [6.07, 6.45) is 1.40. The highest BCUT2D eigenvalue weighted by Crippen LogP contribution is 2.33. The Labute approximate surface area is 122 Å². The number of nitriles is 1. The van der Waals surface area contributed by atoms with Crippen LogP contribution in [0.5, 0.6) is 0 Å². The molecular formula is C15H17FN2O3. The molecule has 2 aliphatic heterocycles. The van der Waals surface area contributed by atoms with Crippen molar-refractivity contribution in [2.75, 3.05) is 31.7 Å². The normalized spacial score (nSPS) is 23.9. The molecule has 0 radical (unpaired) electrons. The summed E-state index contributed by atoms with van der Waals surface area (Å²) in [5.74, 6) is -0.926. The van der Waals surface area contributed by atoms with Crippen LogP contribution in [0.15, 0.2) is 18.2 Å². The molecule has 0 amide bonds. The average Bonchev–Trinajstić information content (AvgIpc) is 2.89. The van der Waals surface area contributed by atoms with Crippen LogP contribution in [-0.2, 0) is 14.2 Å². The van der Waals surface area contributed by atoms with E-state index in [4.69, 9.17) is 19.5 Å². The number of halogens is 1. The molecule has 0 saturated carbocycles. The van der Waals surface area contributed by atoms with Gasteiger partial charge in [0.25, 0.3) is 0 Å². The van der Waals surface area contributed by atoms with Gasteiger partial charge in [0.15, 0.2) is 5.79 Å². The summed E-state index contributed by atoms with van der Waals surface area (Å²) in [6.45, 7) is 2.33. The predicted molar refractivity (Wildman–Crippen MR) is 73.2 cm³/mol. The van der Waals surface area contributed by atoms with Crippen molar-refractivity contribution in [3.8, 4) is 6.07 Å². The van der Waals surface area contributed by atoms with Gasteiger partial charge in [-0.2, -0.15) is 5.26 Å². The molecule has 0 unspecified atom stereocenters. The number of ether oxygens (including phenoxy) is 3. The number of anilines is 1. The maximum absolute atomic E-state index is 13.1. The van der Waals surface area contributed by atoms with Gasteiger partial charge >= 0.3 is 0 Å². The quantitative estimate of drug-likeness (QED) is 0.923. The van der Waals surface area contributed by atoms with E-state index >= 15 is 0 Å². The number of rotatable bonds is 3. The largest absolute Gasteiger partial charge is 0.381 e. The Kier molecular flexibility index (Phi) is 4.06. The number of hydrogen-bond donors (Lipinski definition) is 1. The maximum atomic E-state index is 13.1. The molecule has 0 bridgehead atoms. The topological polar surface area (TPSA) is 63.5 Å². The van der Waals surface area contributed by atoms with Crippen molar-refractivity contribution >= 4 is 5.69 Å². The molecule has 1 spiro atoms. The predicted octanol–water partition coefficient (Wildman–Crippen LogP) is 2.03. The number of hydrogen-bond acceptors (Lipinski definition) is 5. The van der Waals surface area contributed by atoms with E-state index in [0.717, 1.165) is 12.8 Å². The summed E-state index contributed by atoms with van der Waals surface area (Å²) in [5, 5.41) is 12.1. The third kappa shape index (κ3) is 3.16. The van der Waals surface area contributed by atoms with Gasteiger partial charge in [-0.1, -0.05) is 0 Å². The van der Waals surface area contributed by atoms with Crippen LogP contribution in [0.2, 0.25) is 0 Å². The van der Waals surface area contributed by atoms with Crippen LogP contribution < -0.4 is 5.32 Å². The number of nitrogens with zero attached hydrogens (tertiary/aromatic N) is 1. The Morgan fingerprint density at radius 3 is 2.95 bits per heavy atom. The van der Waals surface area contributed by atoms with Crippen molar-refractivity contribution < 1.29 is 18.6 Å². The lowest BCUT2D eigenvalue weighted by atomic mass is 10.1. The molecule has 112 valence electrons. The molecule has 1 aromatic rings. The lowest BCUT2D eigenvalue weighted by Crippen LogP contribution is -2.38. The van der Waals surface area contributed by atoms with Crippen molar-refractivity contribution in [1.82, 2.24) is 0 Å². The fourth-order valence-electron chi connectivity index (χ4n) is 2.65. The minimum absolute atomic E-state index is 0.0836. The van der Waals surface area contributed by atoms with E-state index in [0.29, 0.717) is 32.1 Å². The Hall–Kier alpha value is -1.68. The zero-order valence-electron chi connectivity index (χ0n) is 11.6. The zero-order valence-corrected chi connectivity index (χ0v) is 11.6. The molecule has 2 saturated heterocycles. The fourth-order valence-corrected chi connectivity index (χ4v) is 2.65. The highest BCUT2D eigenvalue weighted by atomic mass is 19.1. The molecule has 2 heterocycles. The molecule has 2 aliphatic rings. The van der Waals surface area contributed by atoms with Crippen LogP contribution in [0, 0.1) is 17.1 Å². The number of benzene rings is 1. The van der Waals surface area contributed by atoms with Gasteiger partial charge in [0.2, 0.25) is 0 Å². The third-order valence-corrected chi connectivity index (χ3v) is 3.79. The highest BCUT2D eigenvalue weighted by molar-refractivity contribution is 5.57.